The molecule has 4 unspecified atom stereocenters. The van der Waals surface area contributed by atoms with E-state index in [1.165, 1.54) is 21.0 Å². The van der Waals surface area contributed by atoms with Gasteiger partial charge in [-0.3, -0.25) is 14.4 Å². The second kappa shape index (κ2) is 11.8. The summed E-state index contributed by atoms with van der Waals surface area (Å²) in [5.74, 6) is -1.35. The van der Waals surface area contributed by atoms with Crippen LogP contribution in [0, 0.1) is 46.3 Å². The number of fused-ring (bicyclic) bond motifs is 5. The summed E-state index contributed by atoms with van der Waals surface area (Å²) in [6.07, 6.45) is 9.53. The molecule has 6 rings (SSSR count). The second-order valence-corrected chi connectivity index (χ2v) is 15.4. The van der Waals surface area contributed by atoms with Gasteiger partial charge in [0.25, 0.3) is 0 Å². The molecule has 10 heteroatoms. The summed E-state index contributed by atoms with van der Waals surface area (Å²) in [5, 5.41) is 0. The Bertz CT molecular complexity index is 1110. The summed E-state index contributed by atoms with van der Waals surface area (Å²) in [6.45, 7) is 9.87. The molecule has 0 amide bonds. The smallest absolute Gasteiger partial charge is 0.305 e. The first-order valence-electron chi connectivity index (χ1n) is 17.0. The zero-order chi connectivity index (χ0) is 31.5. The number of ether oxygens (including phenoxy) is 3. The van der Waals surface area contributed by atoms with Gasteiger partial charge in [-0.2, -0.15) is 19.6 Å². The minimum Gasteiger partial charge on any atom is -0.469 e. The van der Waals surface area contributed by atoms with Crippen LogP contribution in [-0.2, 0) is 48.1 Å². The molecule has 0 aromatic rings. The Morgan fingerprint density at radius 1 is 0.841 bits per heavy atom. The molecule has 0 aromatic heterocycles. The van der Waals surface area contributed by atoms with Gasteiger partial charge in [-0.25, -0.2) is 0 Å². The molecule has 6 fully saturated rings. The van der Waals surface area contributed by atoms with Gasteiger partial charge in [0, 0.05) is 57.3 Å². The highest BCUT2D eigenvalue weighted by molar-refractivity contribution is 5.69. The highest BCUT2D eigenvalue weighted by Gasteiger charge is 2.69. The molecule has 1 heterocycles. The maximum Gasteiger partial charge on any atom is 0.305 e. The van der Waals surface area contributed by atoms with Crippen LogP contribution in [0.4, 0.5) is 0 Å². The van der Waals surface area contributed by atoms with Gasteiger partial charge in [-0.1, -0.05) is 20.8 Å². The molecule has 5 saturated carbocycles. The zero-order valence-electron chi connectivity index (χ0n) is 27.4. The normalized spacial score (nSPS) is 42.5. The molecule has 0 radical (unpaired) electrons. The minimum absolute atomic E-state index is 0.101. The van der Waals surface area contributed by atoms with E-state index in [0.717, 1.165) is 51.4 Å². The number of hydrogen-bond acceptors (Lipinski definition) is 10. The second-order valence-electron chi connectivity index (χ2n) is 15.4. The lowest BCUT2D eigenvalue weighted by molar-refractivity contribution is -0.661. The molecule has 10 nitrogen and oxygen atoms in total. The van der Waals surface area contributed by atoms with Gasteiger partial charge in [0.1, 0.15) is 12.2 Å². The van der Waals surface area contributed by atoms with Gasteiger partial charge in [0.2, 0.25) is 11.6 Å². The van der Waals surface area contributed by atoms with E-state index in [1.54, 1.807) is 0 Å². The Kier molecular flexibility index (Phi) is 8.64. The van der Waals surface area contributed by atoms with Gasteiger partial charge in [-0.15, -0.1) is 0 Å². The number of methoxy groups -OCH3 is 1. The van der Waals surface area contributed by atoms with Crippen molar-refractivity contribution in [3.05, 3.63) is 0 Å². The maximum atomic E-state index is 12.6. The zero-order valence-corrected chi connectivity index (χ0v) is 27.4. The van der Waals surface area contributed by atoms with Gasteiger partial charge in [-0.05, 0) is 86.4 Å². The maximum absolute atomic E-state index is 12.6. The molecule has 1 saturated heterocycles. The number of esters is 3. The van der Waals surface area contributed by atoms with Crippen molar-refractivity contribution in [1.82, 2.24) is 0 Å². The molecule has 6 aliphatic rings. The standard InChI is InChI=1S/C34H52O10/c1-20(9-12-29(37)38-6)24-10-11-25-30-26(18-28(32(24,25)5)40-22(3)36)31(4)15-16-34(19-23(31)17-27(30)39-21(2)35)43-41-33(42-44-34)13-7-8-14-33/h20,23-28,30H,7-19H2,1-6H3/t20?,23-,24-,25?,26?,27-,28+,30?,31+,32-/m1/s1. The number of carbonyl (C=O) groups is 3. The summed E-state index contributed by atoms with van der Waals surface area (Å²) >= 11 is 0. The lowest BCUT2D eigenvalue weighted by Crippen LogP contribution is -2.65. The molecular weight excluding hydrogens is 568 g/mol. The quantitative estimate of drug-likeness (QED) is 0.193. The molecular formula is C34H52O10. The van der Waals surface area contributed by atoms with E-state index >= 15 is 0 Å². The van der Waals surface area contributed by atoms with E-state index in [4.69, 9.17) is 33.8 Å². The van der Waals surface area contributed by atoms with E-state index in [-0.39, 0.29) is 76.5 Å². The number of hydrogen-bond donors (Lipinski definition) is 0. The highest BCUT2D eigenvalue weighted by atomic mass is 17.4. The molecule has 0 bridgehead atoms. The van der Waals surface area contributed by atoms with Gasteiger partial charge in [0.05, 0.1) is 7.11 Å². The van der Waals surface area contributed by atoms with Crippen molar-refractivity contribution in [1.29, 1.82) is 0 Å². The third kappa shape index (κ3) is 5.39. The third-order valence-electron chi connectivity index (χ3n) is 13.2. The molecule has 0 aromatic carbocycles. The van der Waals surface area contributed by atoms with E-state index in [1.807, 2.05) is 0 Å². The summed E-state index contributed by atoms with van der Waals surface area (Å²) in [4.78, 5) is 61.2. The molecule has 10 atom stereocenters. The number of rotatable bonds is 6. The van der Waals surface area contributed by atoms with Crippen molar-refractivity contribution in [2.24, 2.45) is 46.3 Å². The van der Waals surface area contributed by atoms with Crippen LogP contribution in [0.25, 0.3) is 0 Å². The molecule has 44 heavy (non-hydrogen) atoms. The monoisotopic (exact) mass is 620 g/mol. The van der Waals surface area contributed by atoms with Crippen LogP contribution < -0.4 is 0 Å². The summed E-state index contributed by atoms with van der Waals surface area (Å²) in [5.41, 5.74) is -0.400. The Morgan fingerprint density at radius 3 is 2.14 bits per heavy atom. The largest absolute Gasteiger partial charge is 0.469 e. The van der Waals surface area contributed by atoms with Crippen LogP contribution in [0.1, 0.15) is 118 Å². The molecule has 2 spiro atoms. The van der Waals surface area contributed by atoms with E-state index < -0.39 is 11.6 Å². The lowest BCUT2D eigenvalue weighted by atomic mass is 9.42. The van der Waals surface area contributed by atoms with Crippen LogP contribution in [0.2, 0.25) is 0 Å². The summed E-state index contributed by atoms with van der Waals surface area (Å²) in [6, 6.07) is 0. The Labute approximate surface area is 261 Å². The van der Waals surface area contributed by atoms with E-state index in [9.17, 15) is 14.4 Å². The van der Waals surface area contributed by atoms with Crippen molar-refractivity contribution in [3.63, 3.8) is 0 Å². The predicted molar refractivity (Wildman–Crippen MR) is 156 cm³/mol. The van der Waals surface area contributed by atoms with Crippen LogP contribution in [0.5, 0.6) is 0 Å². The molecule has 1 aliphatic heterocycles. The summed E-state index contributed by atoms with van der Waals surface area (Å²) < 4.78 is 17.4. The topological polar surface area (TPSA) is 116 Å². The van der Waals surface area contributed by atoms with Gasteiger partial charge in [0.15, 0.2) is 0 Å². The highest BCUT2D eigenvalue weighted by Crippen LogP contribution is 2.70. The average Bonchev–Trinajstić information content (AvgIpc) is 3.59. The predicted octanol–water partition coefficient (Wildman–Crippen LogP) is 6.19. The number of carbonyl (C=O) groups excluding carboxylic acids is 3. The molecule has 5 aliphatic carbocycles. The fourth-order valence-corrected chi connectivity index (χ4v) is 11.0. The molecule has 0 N–H and O–H groups in total. The Balaban J connectivity index is 1.29. The van der Waals surface area contributed by atoms with Crippen molar-refractivity contribution >= 4 is 17.9 Å². The lowest BCUT2D eigenvalue weighted by Gasteiger charge is -2.65. The van der Waals surface area contributed by atoms with Crippen LogP contribution in [0.3, 0.4) is 0 Å². The van der Waals surface area contributed by atoms with Gasteiger partial charge < -0.3 is 14.2 Å². The van der Waals surface area contributed by atoms with Crippen LogP contribution in [-0.4, -0.2) is 48.8 Å². The van der Waals surface area contributed by atoms with Crippen LogP contribution in [0.15, 0.2) is 0 Å². The van der Waals surface area contributed by atoms with Crippen molar-refractivity contribution in [2.45, 2.75) is 142 Å². The van der Waals surface area contributed by atoms with E-state index in [0.29, 0.717) is 32.1 Å². The van der Waals surface area contributed by atoms with Crippen molar-refractivity contribution in [2.75, 3.05) is 7.11 Å². The molecule has 248 valence electrons. The van der Waals surface area contributed by atoms with Crippen LogP contribution >= 0.6 is 0 Å². The van der Waals surface area contributed by atoms with Crippen molar-refractivity contribution in [3.8, 4) is 0 Å². The Hall–Kier alpha value is -1.75. The van der Waals surface area contributed by atoms with Crippen molar-refractivity contribution < 1.29 is 48.1 Å². The first kappa shape index (κ1) is 32.2. The minimum atomic E-state index is -0.988. The summed E-state index contributed by atoms with van der Waals surface area (Å²) in [7, 11) is 1.43. The third-order valence-corrected chi connectivity index (χ3v) is 13.2. The Morgan fingerprint density at radius 2 is 1.50 bits per heavy atom. The fraction of sp³-hybridized carbons (Fsp3) is 0.912. The first-order chi connectivity index (χ1) is 20.8. The first-order valence-corrected chi connectivity index (χ1v) is 17.0. The average molecular weight is 621 g/mol. The SMILES string of the molecule is COC(=O)CCC(C)[C@H]1CCC2C3C(C[C@H](OC(C)=O)[C@@]21C)[C@@]1(C)CCC2(C[C@H]1C[C@H]3OC(C)=O)OOC1(CCCC1)OO2. The van der Waals surface area contributed by atoms with E-state index in [2.05, 4.69) is 20.8 Å². The fourth-order valence-electron chi connectivity index (χ4n) is 11.0. The van der Waals surface area contributed by atoms with Gasteiger partial charge >= 0.3 is 17.9 Å².